The van der Waals surface area contributed by atoms with Crippen molar-refractivity contribution < 1.29 is 9.53 Å². The van der Waals surface area contributed by atoms with Gasteiger partial charge in [0.1, 0.15) is 11.4 Å². The average molecular weight is 376 g/mol. The van der Waals surface area contributed by atoms with E-state index in [0.29, 0.717) is 34.7 Å². The number of nitrogens with zero attached hydrogens (tertiary/aromatic N) is 2. The van der Waals surface area contributed by atoms with Gasteiger partial charge in [0.05, 0.1) is 35.0 Å². The normalized spacial score (nSPS) is 18.3. The highest BCUT2D eigenvalue weighted by molar-refractivity contribution is 6.02. The Morgan fingerprint density at radius 1 is 1.11 bits per heavy atom. The van der Waals surface area contributed by atoms with Gasteiger partial charge in [-0.2, -0.15) is 5.26 Å². The van der Waals surface area contributed by atoms with Gasteiger partial charge in [-0.05, 0) is 30.2 Å². The highest BCUT2D eigenvalue weighted by Gasteiger charge is 2.43. The molecule has 0 aromatic heterocycles. The van der Waals surface area contributed by atoms with E-state index in [9.17, 15) is 4.79 Å². The van der Waals surface area contributed by atoms with Crippen LogP contribution >= 0.6 is 0 Å². The molecule has 4 N–H and O–H groups in total. The lowest BCUT2D eigenvalue weighted by molar-refractivity contribution is -0.00859. The number of piperidine rings is 1. The number of rotatable bonds is 3. The van der Waals surface area contributed by atoms with Crippen molar-refractivity contribution in [1.82, 2.24) is 4.90 Å². The third-order valence-electron chi connectivity index (χ3n) is 5.86. The molecule has 0 saturated carbocycles. The number of nitriles is 1. The van der Waals surface area contributed by atoms with Crippen LogP contribution in [0.5, 0.6) is 5.75 Å². The maximum Gasteiger partial charge on any atom is 0.170 e. The largest absolute Gasteiger partial charge is 0.486 e. The minimum atomic E-state index is -0.433. The number of nitrogen functional groups attached to an aromatic ring is 2. The Labute approximate surface area is 164 Å². The number of carbonyl (C=O) groups excluding carboxylic acids is 1. The summed E-state index contributed by atoms with van der Waals surface area (Å²) < 4.78 is 6.29. The van der Waals surface area contributed by atoms with E-state index in [1.54, 1.807) is 12.1 Å². The molecule has 4 rings (SSSR count). The van der Waals surface area contributed by atoms with Gasteiger partial charge in [-0.25, -0.2) is 0 Å². The van der Waals surface area contributed by atoms with Crippen molar-refractivity contribution in [1.29, 1.82) is 5.26 Å². The number of likely N-dealkylation sites (tertiary alicyclic amines) is 1. The fourth-order valence-electron chi connectivity index (χ4n) is 4.07. The number of benzene rings is 2. The quantitative estimate of drug-likeness (QED) is 0.798. The molecular formula is C22H24N4O2. The molecule has 1 saturated heterocycles. The number of Topliss-reactive ketones (excluding diaryl/α,β-unsaturated/α-hetero) is 1. The number of carbonyl (C=O) groups is 1. The smallest absolute Gasteiger partial charge is 0.170 e. The van der Waals surface area contributed by atoms with Crippen LogP contribution in [0.4, 0.5) is 11.4 Å². The first-order chi connectivity index (χ1) is 13.5. The van der Waals surface area contributed by atoms with Crippen molar-refractivity contribution in [2.75, 3.05) is 31.1 Å². The lowest BCUT2D eigenvalue weighted by Crippen LogP contribution is -2.51. The van der Waals surface area contributed by atoms with Gasteiger partial charge in [0.15, 0.2) is 5.78 Å². The summed E-state index contributed by atoms with van der Waals surface area (Å²) in [4.78, 5) is 15.1. The van der Waals surface area contributed by atoms with Crippen molar-refractivity contribution >= 4 is 17.2 Å². The summed E-state index contributed by atoms with van der Waals surface area (Å²) in [6, 6.07) is 13.2. The molecule has 2 aromatic rings. The topological polar surface area (TPSA) is 105 Å². The molecule has 2 heterocycles. The predicted octanol–water partition coefficient (Wildman–Crippen LogP) is 2.77. The molecule has 6 nitrogen and oxygen atoms in total. The Balaban J connectivity index is 1.37. The van der Waals surface area contributed by atoms with E-state index in [1.807, 2.05) is 24.3 Å². The standard InChI is InChI=1S/C22H24N4O2/c23-14-16-3-1-15(2-4-16)5-8-26-9-6-22(7-10-26)13-20(27)17-11-18(24)19(25)12-21(17)28-22/h1-4,11-12H,5-10,13,24-25H2. The third-order valence-corrected chi connectivity index (χ3v) is 5.86. The van der Waals surface area contributed by atoms with Gasteiger partial charge >= 0.3 is 0 Å². The summed E-state index contributed by atoms with van der Waals surface area (Å²) in [5.74, 6) is 0.646. The Bertz CT molecular complexity index is 938. The molecule has 0 bridgehead atoms. The summed E-state index contributed by atoms with van der Waals surface area (Å²) in [5, 5.41) is 8.88. The zero-order chi connectivity index (χ0) is 19.7. The Morgan fingerprint density at radius 2 is 1.79 bits per heavy atom. The molecule has 6 heteroatoms. The SMILES string of the molecule is N#Cc1ccc(CCN2CCC3(CC2)CC(=O)c2cc(N)c(N)cc2O3)cc1. The number of nitrogens with two attached hydrogens (primary N) is 2. The van der Waals surface area contributed by atoms with Crippen LogP contribution < -0.4 is 16.2 Å². The van der Waals surface area contributed by atoms with E-state index >= 15 is 0 Å². The van der Waals surface area contributed by atoms with E-state index in [2.05, 4.69) is 11.0 Å². The van der Waals surface area contributed by atoms with E-state index in [1.165, 1.54) is 5.56 Å². The van der Waals surface area contributed by atoms with Crippen molar-refractivity contribution in [3.8, 4) is 11.8 Å². The minimum Gasteiger partial charge on any atom is -0.486 e. The van der Waals surface area contributed by atoms with Gasteiger partial charge in [-0.3, -0.25) is 4.79 Å². The van der Waals surface area contributed by atoms with Crippen molar-refractivity contribution in [3.05, 3.63) is 53.1 Å². The Morgan fingerprint density at radius 3 is 2.46 bits per heavy atom. The second-order valence-electron chi connectivity index (χ2n) is 7.76. The molecule has 2 aromatic carbocycles. The predicted molar refractivity (Wildman–Crippen MR) is 108 cm³/mol. The minimum absolute atomic E-state index is 0.0824. The van der Waals surface area contributed by atoms with E-state index in [4.69, 9.17) is 21.5 Å². The van der Waals surface area contributed by atoms with Crippen LogP contribution in [-0.4, -0.2) is 35.9 Å². The molecule has 1 spiro atoms. The van der Waals surface area contributed by atoms with Crippen LogP contribution in [0.1, 0.15) is 40.7 Å². The number of fused-ring (bicyclic) bond motifs is 1. The van der Waals surface area contributed by atoms with Gasteiger partial charge in [0, 0.05) is 38.5 Å². The molecule has 144 valence electrons. The fraction of sp³-hybridized carbons (Fsp3) is 0.364. The van der Waals surface area contributed by atoms with Crippen LogP contribution in [0.2, 0.25) is 0 Å². The van der Waals surface area contributed by atoms with Gasteiger partial charge in [0.2, 0.25) is 0 Å². The molecule has 0 amide bonds. The van der Waals surface area contributed by atoms with Crippen LogP contribution in [0, 0.1) is 11.3 Å². The number of hydrogen-bond acceptors (Lipinski definition) is 6. The first-order valence-electron chi connectivity index (χ1n) is 9.61. The van der Waals surface area contributed by atoms with Crippen LogP contribution in [0.15, 0.2) is 36.4 Å². The van der Waals surface area contributed by atoms with Gasteiger partial charge in [-0.15, -0.1) is 0 Å². The molecule has 28 heavy (non-hydrogen) atoms. The van der Waals surface area contributed by atoms with Crippen molar-refractivity contribution in [2.45, 2.75) is 31.3 Å². The molecule has 2 aliphatic heterocycles. The Kier molecular flexibility index (Phi) is 4.70. The average Bonchev–Trinajstić information content (AvgIpc) is 2.70. The highest BCUT2D eigenvalue weighted by Crippen LogP contribution is 2.41. The Hall–Kier alpha value is -3.04. The summed E-state index contributed by atoms with van der Waals surface area (Å²) in [7, 11) is 0. The molecule has 0 aliphatic carbocycles. The number of hydrogen-bond donors (Lipinski definition) is 2. The molecular weight excluding hydrogens is 352 g/mol. The summed E-state index contributed by atoms with van der Waals surface area (Å²) in [6.07, 6.45) is 2.97. The van der Waals surface area contributed by atoms with E-state index in [0.717, 1.165) is 38.9 Å². The van der Waals surface area contributed by atoms with Gasteiger partial charge < -0.3 is 21.1 Å². The first kappa shape index (κ1) is 18.3. The number of ketones is 1. The maximum atomic E-state index is 12.7. The number of anilines is 2. The summed E-state index contributed by atoms with van der Waals surface area (Å²) >= 11 is 0. The van der Waals surface area contributed by atoms with Crippen LogP contribution in [-0.2, 0) is 6.42 Å². The van der Waals surface area contributed by atoms with Gasteiger partial charge in [-0.1, -0.05) is 12.1 Å². The van der Waals surface area contributed by atoms with E-state index in [-0.39, 0.29) is 5.78 Å². The number of ether oxygens (including phenoxy) is 1. The molecule has 0 unspecified atom stereocenters. The summed E-state index contributed by atoms with van der Waals surface area (Å²) in [5.41, 5.74) is 14.6. The fourth-order valence-corrected chi connectivity index (χ4v) is 4.07. The van der Waals surface area contributed by atoms with Crippen LogP contribution in [0.25, 0.3) is 0 Å². The summed E-state index contributed by atoms with van der Waals surface area (Å²) in [6.45, 7) is 2.74. The molecule has 0 radical (unpaired) electrons. The third kappa shape index (κ3) is 3.54. The second-order valence-corrected chi connectivity index (χ2v) is 7.76. The van der Waals surface area contributed by atoms with E-state index < -0.39 is 5.60 Å². The second kappa shape index (κ2) is 7.17. The van der Waals surface area contributed by atoms with Crippen molar-refractivity contribution in [3.63, 3.8) is 0 Å². The molecule has 1 fully saturated rings. The highest BCUT2D eigenvalue weighted by atomic mass is 16.5. The first-order valence-corrected chi connectivity index (χ1v) is 9.61. The zero-order valence-corrected chi connectivity index (χ0v) is 15.8. The molecule has 2 aliphatic rings. The maximum absolute atomic E-state index is 12.7. The van der Waals surface area contributed by atoms with Gasteiger partial charge in [0.25, 0.3) is 0 Å². The zero-order valence-electron chi connectivity index (χ0n) is 15.8. The molecule has 0 atom stereocenters. The lowest BCUT2D eigenvalue weighted by atomic mass is 9.82. The van der Waals surface area contributed by atoms with Crippen molar-refractivity contribution in [2.24, 2.45) is 0 Å². The van der Waals surface area contributed by atoms with Crippen LogP contribution in [0.3, 0.4) is 0 Å². The monoisotopic (exact) mass is 376 g/mol. The lowest BCUT2D eigenvalue weighted by Gasteiger charge is -2.44.